The number of carbonyl (C=O) groups excluding carboxylic acids is 2. The number of nitrogens with zero attached hydrogens (tertiary/aromatic N) is 3. The van der Waals surface area contributed by atoms with E-state index in [0.717, 1.165) is 59.7 Å². The molecule has 3 N–H and O–H groups in total. The van der Waals surface area contributed by atoms with Crippen LogP contribution in [0.5, 0.6) is 0 Å². The second kappa shape index (κ2) is 18.1. The van der Waals surface area contributed by atoms with E-state index in [0.29, 0.717) is 13.0 Å². The molecule has 2 aliphatic rings. The molecule has 13 heteroatoms. The van der Waals surface area contributed by atoms with Gasteiger partial charge in [-0.05, 0) is 34.4 Å². The molecule has 13 nitrogen and oxygen atoms in total. The van der Waals surface area contributed by atoms with Crippen molar-refractivity contribution in [2.75, 3.05) is 44.7 Å². The van der Waals surface area contributed by atoms with E-state index < -0.39 is 24.3 Å². The Hall–Kier alpha value is -5.34. The van der Waals surface area contributed by atoms with Gasteiger partial charge in [0, 0.05) is 75.0 Å². The molecule has 0 unspecified atom stereocenters. The molecular weight excluding hydrogens is 690 g/mol. The number of ether oxygens (including phenoxy) is 3. The van der Waals surface area contributed by atoms with Crippen molar-refractivity contribution < 1.29 is 33.8 Å². The van der Waals surface area contributed by atoms with Crippen LogP contribution in [-0.2, 0) is 38.6 Å². The third-order valence-corrected chi connectivity index (χ3v) is 10.1. The Labute approximate surface area is 315 Å². The first-order valence-electron chi connectivity index (χ1n) is 18.2. The lowest BCUT2D eigenvalue weighted by atomic mass is 9.90. The molecule has 2 heterocycles. The second-order valence-electron chi connectivity index (χ2n) is 13.7. The van der Waals surface area contributed by atoms with Gasteiger partial charge >= 0.3 is 12.0 Å². The highest BCUT2D eigenvalue weighted by molar-refractivity contribution is 5.83. The smallest absolute Gasteiger partial charge is 0.328 e. The van der Waals surface area contributed by atoms with E-state index in [1.165, 1.54) is 7.11 Å². The molecule has 284 valence electrons. The number of nitro groups is 1. The monoisotopic (exact) mass is 737 g/mol. The van der Waals surface area contributed by atoms with Gasteiger partial charge in [-0.15, -0.1) is 0 Å². The van der Waals surface area contributed by atoms with Crippen LogP contribution in [0.25, 0.3) is 0 Å². The first-order chi connectivity index (χ1) is 26.2. The van der Waals surface area contributed by atoms with Crippen LogP contribution in [0, 0.1) is 16.0 Å². The van der Waals surface area contributed by atoms with E-state index in [9.17, 15) is 24.8 Å². The Morgan fingerprint density at radius 2 is 1.52 bits per heavy atom. The van der Waals surface area contributed by atoms with Crippen LogP contribution >= 0.6 is 0 Å². The quantitative estimate of drug-likeness (QED) is 0.0938. The molecule has 5 atom stereocenters. The highest BCUT2D eigenvalue weighted by Crippen LogP contribution is 2.42. The molecule has 0 aliphatic carbocycles. The maximum absolute atomic E-state index is 12.8. The predicted octanol–water partition coefficient (Wildman–Crippen LogP) is 5.28. The SMILES string of the molecule is COC(=O)[C@H](Cc1ccccc1)NC(=O)NCc1ccc([C@H]2O[C@@H](CN3CCN(c4ccc([N+](=O)[O-])cc4)CC3)[C@@H](C)[C@@H](c3ccc(CO)cc3)O2)cc1. The van der Waals surface area contributed by atoms with Crippen molar-refractivity contribution in [3.05, 3.63) is 141 Å². The van der Waals surface area contributed by atoms with Gasteiger partial charge in [0.1, 0.15) is 6.04 Å². The topological polar surface area (TPSA) is 156 Å². The number of aliphatic hydroxyl groups excluding tert-OH is 1. The van der Waals surface area contributed by atoms with E-state index in [4.69, 9.17) is 14.2 Å². The number of benzene rings is 4. The van der Waals surface area contributed by atoms with Crippen molar-refractivity contribution in [3.63, 3.8) is 0 Å². The fraction of sp³-hybridized carbons (Fsp3) is 0.366. The van der Waals surface area contributed by atoms with Gasteiger partial charge in [0.2, 0.25) is 0 Å². The Bertz CT molecular complexity index is 1830. The Morgan fingerprint density at radius 1 is 0.870 bits per heavy atom. The average Bonchev–Trinajstić information content (AvgIpc) is 3.21. The normalized spacial score (nSPS) is 20.8. The number of nitrogens with one attached hydrogen (secondary N) is 2. The highest BCUT2D eigenvalue weighted by Gasteiger charge is 2.39. The van der Waals surface area contributed by atoms with E-state index >= 15 is 0 Å². The summed E-state index contributed by atoms with van der Waals surface area (Å²) in [7, 11) is 1.30. The minimum absolute atomic E-state index is 0.0200. The van der Waals surface area contributed by atoms with Gasteiger partial charge in [0.15, 0.2) is 6.29 Å². The number of urea groups is 1. The third-order valence-electron chi connectivity index (χ3n) is 10.1. The lowest BCUT2D eigenvalue weighted by molar-refractivity contribution is -0.384. The highest BCUT2D eigenvalue weighted by atomic mass is 16.7. The van der Waals surface area contributed by atoms with Gasteiger partial charge in [-0.2, -0.15) is 0 Å². The van der Waals surface area contributed by atoms with Crippen LogP contribution in [0.15, 0.2) is 103 Å². The zero-order valence-corrected chi connectivity index (χ0v) is 30.5. The van der Waals surface area contributed by atoms with Gasteiger partial charge in [0.05, 0.1) is 30.8 Å². The molecule has 0 bridgehead atoms. The Morgan fingerprint density at radius 3 is 2.15 bits per heavy atom. The number of aliphatic hydroxyl groups is 1. The lowest BCUT2D eigenvalue weighted by Gasteiger charge is -2.44. The number of carbonyl (C=O) groups is 2. The molecular formula is C41H47N5O8. The standard InChI is InChI=1S/C41H47N5O8/c1-28-37(26-44-20-22-45(23-21-44)34-16-18-35(19-17-34)46(50)51)53-40(54-38(28)32-12-10-31(27-47)11-13-32)33-14-8-30(9-15-33)25-42-41(49)43-36(39(48)52-2)24-29-6-4-3-5-7-29/h3-19,28,36-38,40,47H,20-27H2,1-2H3,(H2,42,43,49)/t28-,36+,37+,38+,40+/m1/s1. The van der Waals surface area contributed by atoms with Crippen LogP contribution in [0.1, 0.15) is 47.1 Å². The van der Waals surface area contributed by atoms with Gasteiger partial charge in [-0.3, -0.25) is 15.0 Å². The summed E-state index contributed by atoms with van der Waals surface area (Å²) in [4.78, 5) is 40.5. The first-order valence-corrected chi connectivity index (χ1v) is 18.2. The molecule has 0 saturated carbocycles. The molecule has 4 aromatic carbocycles. The van der Waals surface area contributed by atoms with E-state index in [-0.39, 0.29) is 41.9 Å². The molecule has 4 aromatic rings. The number of nitro benzene ring substituents is 1. The van der Waals surface area contributed by atoms with Crippen LogP contribution < -0.4 is 15.5 Å². The number of amides is 2. The van der Waals surface area contributed by atoms with E-state index in [1.807, 2.05) is 78.9 Å². The summed E-state index contributed by atoms with van der Waals surface area (Å²) in [6.07, 6.45) is -0.742. The average molecular weight is 738 g/mol. The fourth-order valence-corrected chi connectivity index (χ4v) is 6.93. The summed E-state index contributed by atoms with van der Waals surface area (Å²) in [5.41, 5.74) is 5.48. The molecule has 2 amide bonds. The summed E-state index contributed by atoms with van der Waals surface area (Å²) in [6, 6.07) is 30.3. The van der Waals surface area contributed by atoms with Crippen molar-refractivity contribution in [2.24, 2.45) is 5.92 Å². The van der Waals surface area contributed by atoms with Crippen molar-refractivity contribution >= 4 is 23.4 Å². The summed E-state index contributed by atoms with van der Waals surface area (Å²) < 4.78 is 18.3. The largest absolute Gasteiger partial charge is 0.467 e. The van der Waals surface area contributed by atoms with Gasteiger partial charge in [0.25, 0.3) is 5.69 Å². The molecule has 0 spiro atoms. The molecule has 0 aromatic heterocycles. The van der Waals surface area contributed by atoms with Gasteiger partial charge < -0.3 is 34.9 Å². The maximum Gasteiger partial charge on any atom is 0.328 e. The molecule has 2 saturated heterocycles. The Balaban J connectivity index is 1.09. The first kappa shape index (κ1) is 38.4. The van der Waals surface area contributed by atoms with Crippen LogP contribution in [0.2, 0.25) is 0 Å². The van der Waals surface area contributed by atoms with Gasteiger partial charge in [-0.25, -0.2) is 9.59 Å². The van der Waals surface area contributed by atoms with Crippen molar-refractivity contribution in [2.45, 2.75) is 51.0 Å². The van der Waals surface area contributed by atoms with Crippen LogP contribution in [0.3, 0.4) is 0 Å². The summed E-state index contributed by atoms with van der Waals surface area (Å²) in [6.45, 7) is 6.24. The van der Waals surface area contributed by atoms with Gasteiger partial charge in [-0.1, -0.05) is 85.8 Å². The van der Waals surface area contributed by atoms with E-state index in [2.05, 4.69) is 27.4 Å². The van der Waals surface area contributed by atoms with E-state index in [1.54, 1.807) is 24.3 Å². The second-order valence-corrected chi connectivity index (χ2v) is 13.7. The lowest BCUT2D eigenvalue weighted by Crippen LogP contribution is -2.51. The zero-order valence-electron chi connectivity index (χ0n) is 30.5. The van der Waals surface area contributed by atoms with Crippen molar-refractivity contribution in [1.29, 1.82) is 0 Å². The zero-order chi connectivity index (χ0) is 38.0. The fourth-order valence-electron chi connectivity index (χ4n) is 6.93. The number of anilines is 1. The Kier molecular flexibility index (Phi) is 12.9. The number of non-ortho nitro benzene ring substituents is 1. The number of hydrogen-bond acceptors (Lipinski definition) is 10. The molecule has 6 rings (SSSR count). The predicted molar refractivity (Wildman–Crippen MR) is 202 cm³/mol. The maximum atomic E-state index is 12.8. The molecule has 0 radical (unpaired) electrons. The van der Waals surface area contributed by atoms with Crippen LogP contribution in [0.4, 0.5) is 16.2 Å². The van der Waals surface area contributed by atoms with Crippen molar-refractivity contribution in [1.82, 2.24) is 15.5 Å². The van der Waals surface area contributed by atoms with Crippen LogP contribution in [-0.4, -0.2) is 78.9 Å². The summed E-state index contributed by atoms with van der Waals surface area (Å²) in [5.74, 6) is -0.503. The number of esters is 1. The molecule has 54 heavy (non-hydrogen) atoms. The molecule has 2 fully saturated rings. The molecule has 2 aliphatic heterocycles. The summed E-state index contributed by atoms with van der Waals surface area (Å²) in [5, 5.41) is 26.3. The number of piperazine rings is 1. The summed E-state index contributed by atoms with van der Waals surface area (Å²) >= 11 is 0. The number of hydrogen-bond donors (Lipinski definition) is 3. The number of rotatable bonds is 13. The third kappa shape index (κ3) is 9.79. The minimum atomic E-state index is -0.831. The minimum Gasteiger partial charge on any atom is -0.467 e. The number of methoxy groups -OCH3 is 1. The van der Waals surface area contributed by atoms with Crippen molar-refractivity contribution in [3.8, 4) is 0 Å².